The van der Waals surface area contributed by atoms with E-state index in [1.165, 1.54) is 0 Å². The molecular formula is C27H39N5O4. The van der Waals surface area contributed by atoms with Crippen LogP contribution in [0.2, 0.25) is 0 Å². The van der Waals surface area contributed by atoms with Crippen molar-refractivity contribution in [2.45, 2.75) is 76.0 Å². The first kappa shape index (κ1) is 26.1. The summed E-state index contributed by atoms with van der Waals surface area (Å²) in [5.74, 6) is -0.722. The number of amides is 3. The third-order valence-electron chi connectivity index (χ3n) is 7.84. The Morgan fingerprint density at radius 2 is 1.75 bits per heavy atom. The minimum atomic E-state index is -0.900. The van der Waals surface area contributed by atoms with Gasteiger partial charge in [0.2, 0.25) is 11.8 Å². The number of likely N-dealkylation sites (tertiary alicyclic amines) is 2. The molecule has 3 amide bonds. The van der Waals surface area contributed by atoms with Crippen LogP contribution in [0, 0.1) is 5.92 Å². The molecule has 1 aromatic carbocycles. The van der Waals surface area contributed by atoms with Gasteiger partial charge in [-0.15, -0.1) is 0 Å². The van der Waals surface area contributed by atoms with Crippen molar-refractivity contribution in [3.63, 3.8) is 0 Å². The number of benzene rings is 1. The number of carbonyl (C=O) groups excluding carboxylic acids is 4. The highest BCUT2D eigenvalue weighted by atomic mass is 16.2. The molecule has 36 heavy (non-hydrogen) atoms. The van der Waals surface area contributed by atoms with Crippen molar-refractivity contribution < 1.29 is 19.2 Å². The van der Waals surface area contributed by atoms with Crippen LogP contribution >= 0.6 is 0 Å². The SMILES string of the molecule is CC(C)CC(NC(=O)c1ccc(N(C)C)cc1)C(=O)N1CCC2C1C(=O)CN2C(=O)C1(N)CCCC1. The molecule has 3 unspecified atom stereocenters. The van der Waals surface area contributed by atoms with Gasteiger partial charge in [0.1, 0.15) is 12.1 Å². The first-order valence-electron chi connectivity index (χ1n) is 13.0. The zero-order chi connectivity index (χ0) is 26.2. The topological polar surface area (TPSA) is 116 Å². The van der Waals surface area contributed by atoms with Crippen molar-refractivity contribution in [3.05, 3.63) is 29.8 Å². The largest absolute Gasteiger partial charge is 0.378 e. The lowest BCUT2D eigenvalue weighted by atomic mass is 9.96. The lowest BCUT2D eigenvalue weighted by Gasteiger charge is -2.32. The Bertz CT molecular complexity index is 1020. The summed E-state index contributed by atoms with van der Waals surface area (Å²) in [7, 11) is 3.85. The summed E-state index contributed by atoms with van der Waals surface area (Å²) in [6.45, 7) is 4.36. The minimum Gasteiger partial charge on any atom is -0.378 e. The van der Waals surface area contributed by atoms with Crippen LogP contribution in [0.15, 0.2) is 24.3 Å². The van der Waals surface area contributed by atoms with Gasteiger partial charge in [0, 0.05) is 31.9 Å². The summed E-state index contributed by atoms with van der Waals surface area (Å²) < 4.78 is 0. The first-order chi connectivity index (χ1) is 17.0. The van der Waals surface area contributed by atoms with Crippen molar-refractivity contribution in [1.29, 1.82) is 0 Å². The summed E-state index contributed by atoms with van der Waals surface area (Å²) in [6, 6.07) is 5.43. The van der Waals surface area contributed by atoms with Gasteiger partial charge in [-0.25, -0.2) is 0 Å². The molecule has 3 N–H and O–H groups in total. The molecule has 196 valence electrons. The van der Waals surface area contributed by atoms with E-state index >= 15 is 0 Å². The molecule has 1 saturated carbocycles. The second-order valence-electron chi connectivity index (χ2n) is 11.2. The number of fused-ring (bicyclic) bond motifs is 1. The zero-order valence-corrected chi connectivity index (χ0v) is 21.8. The number of Topliss-reactive ketones (excluding diaryl/α,β-unsaturated/α-hetero) is 1. The van der Waals surface area contributed by atoms with Crippen molar-refractivity contribution in [3.8, 4) is 0 Å². The van der Waals surface area contributed by atoms with E-state index in [0.29, 0.717) is 37.8 Å². The predicted molar refractivity (Wildman–Crippen MR) is 137 cm³/mol. The van der Waals surface area contributed by atoms with Crippen LogP contribution in [-0.2, 0) is 14.4 Å². The maximum Gasteiger partial charge on any atom is 0.251 e. The van der Waals surface area contributed by atoms with E-state index in [9.17, 15) is 19.2 Å². The molecule has 9 heteroatoms. The van der Waals surface area contributed by atoms with Crippen molar-refractivity contribution in [2.75, 3.05) is 32.1 Å². The van der Waals surface area contributed by atoms with Gasteiger partial charge in [0.15, 0.2) is 5.78 Å². The molecule has 1 aromatic rings. The Labute approximate surface area is 213 Å². The second-order valence-corrected chi connectivity index (χ2v) is 11.2. The lowest BCUT2D eigenvalue weighted by Crippen LogP contribution is -2.56. The van der Waals surface area contributed by atoms with Gasteiger partial charge in [-0.3, -0.25) is 19.2 Å². The van der Waals surface area contributed by atoms with Crippen LogP contribution in [0.1, 0.15) is 62.7 Å². The number of nitrogens with two attached hydrogens (primary N) is 1. The lowest BCUT2D eigenvalue weighted by molar-refractivity contribution is -0.138. The second kappa shape index (κ2) is 10.2. The third kappa shape index (κ3) is 4.98. The Morgan fingerprint density at radius 3 is 2.33 bits per heavy atom. The molecule has 0 aromatic heterocycles. The van der Waals surface area contributed by atoms with Crippen LogP contribution < -0.4 is 16.0 Å². The van der Waals surface area contributed by atoms with E-state index in [2.05, 4.69) is 5.32 Å². The van der Waals surface area contributed by atoms with Crippen molar-refractivity contribution in [1.82, 2.24) is 15.1 Å². The molecule has 2 saturated heterocycles. The number of anilines is 1. The van der Waals surface area contributed by atoms with E-state index < -0.39 is 17.6 Å². The average molecular weight is 498 g/mol. The molecule has 9 nitrogen and oxygen atoms in total. The van der Waals surface area contributed by atoms with Crippen LogP contribution in [0.25, 0.3) is 0 Å². The molecular weight excluding hydrogens is 458 g/mol. The monoisotopic (exact) mass is 497 g/mol. The molecule has 0 bridgehead atoms. The fourth-order valence-corrected chi connectivity index (χ4v) is 5.89. The molecule has 2 heterocycles. The van der Waals surface area contributed by atoms with Gasteiger partial charge < -0.3 is 25.8 Å². The number of ketones is 1. The van der Waals surface area contributed by atoms with Crippen molar-refractivity contribution in [2.24, 2.45) is 11.7 Å². The molecule has 3 aliphatic rings. The number of hydrogen-bond donors (Lipinski definition) is 2. The van der Waals surface area contributed by atoms with Crippen LogP contribution in [0.5, 0.6) is 0 Å². The highest BCUT2D eigenvalue weighted by Gasteiger charge is 2.55. The Hall–Kier alpha value is -2.94. The van der Waals surface area contributed by atoms with Gasteiger partial charge in [0.05, 0.1) is 18.1 Å². The van der Waals surface area contributed by atoms with Gasteiger partial charge in [-0.05, 0) is 55.9 Å². The zero-order valence-electron chi connectivity index (χ0n) is 21.8. The summed E-state index contributed by atoms with van der Waals surface area (Å²) in [4.78, 5) is 58.2. The smallest absolute Gasteiger partial charge is 0.251 e. The summed E-state index contributed by atoms with van der Waals surface area (Å²) >= 11 is 0. The van der Waals surface area contributed by atoms with E-state index in [1.807, 2.05) is 45.0 Å². The van der Waals surface area contributed by atoms with E-state index in [-0.39, 0.29) is 42.0 Å². The number of hydrogen-bond acceptors (Lipinski definition) is 6. The standard InChI is InChI=1S/C27H39N5O4/c1-17(2)15-20(29-24(34)18-7-9-19(10-8-18)30(3)4)25(35)31-14-11-21-23(31)22(33)16-32(21)26(36)27(28)12-5-6-13-27/h7-10,17,20-21,23H,5-6,11-16,28H2,1-4H3,(H,29,34). The Kier molecular flexibility index (Phi) is 7.41. The van der Waals surface area contributed by atoms with E-state index in [1.54, 1.807) is 21.9 Å². The number of rotatable bonds is 7. The van der Waals surface area contributed by atoms with Gasteiger partial charge in [-0.1, -0.05) is 26.7 Å². The normalized spacial score (nSPS) is 23.7. The maximum absolute atomic E-state index is 13.7. The number of carbonyl (C=O) groups is 4. The van der Waals surface area contributed by atoms with Gasteiger partial charge >= 0.3 is 0 Å². The molecule has 3 atom stereocenters. The fourth-order valence-electron chi connectivity index (χ4n) is 5.89. The van der Waals surface area contributed by atoms with Crippen molar-refractivity contribution >= 4 is 29.2 Å². The number of nitrogens with one attached hydrogen (secondary N) is 1. The minimum absolute atomic E-state index is 0.00364. The Balaban J connectivity index is 1.49. The molecule has 2 aliphatic heterocycles. The molecule has 0 radical (unpaired) electrons. The van der Waals surface area contributed by atoms with Crippen LogP contribution in [0.3, 0.4) is 0 Å². The summed E-state index contributed by atoms with van der Waals surface area (Å²) in [6.07, 6.45) is 4.09. The van der Waals surface area contributed by atoms with E-state index in [0.717, 1.165) is 18.5 Å². The quantitative estimate of drug-likeness (QED) is 0.591. The molecule has 0 spiro atoms. The summed E-state index contributed by atoms with van der Waals surface area (Å²) in [5.41, 5.74) is 6.96. The highest BCUT2D eigenvalue weighted by molar-refractivity contribution is 6.01. The first-order valence-corrected chi connectivity index (χ1v) is 13.0. The van der Waals surface area contributed by atoms with Crippen LogP contribution in [-0.4, -0.2) is 84.2 Å². The Morgan fingerprint density at radius 1 is 1.11 bits per heavy atom. The molecule has 1 aliphatic carbocycles. The average Bonchev–Trinajstić information content (AvgIpc) is 3.55. The maximum atomic E-state index is 13.7. The molecule has 3 fully saturated rings. The van der Waals surface area contributed by atoms with E-state index in [4.69, 9.17) is 5.73 Å². The van der Waals surface area contributed by atoms with Gasteiger partial charge in [0.25, 0.3) is 5.91 Å². The number of nitrogens with zero attached hydrogens (tertiary/aromatic N) is 3. The third-order valence-corrected chi connectivity index (χ3v) is 7.84. The fraction of sp³-hybridized carbons (Fsp3) is 0.630. The summed E-state index contributed by atoms with van der Waals surface area (Å²) in [5, 5.41) is 2.91. The molecule has 4 rings (SSSR count). The van der Waals surface area contributed by atoms with Crippen LogP contribution in [0.4, 0.5) is 5.69 Å². The highest BCUT2D eigenvalue weighted by Crippen LogP contribution is 2.35. The van der Waals surface area contributed by atoms with Gasteiger partial charge in [-0.2, -0.15) is 0 Å². The predicted octanol–water partition coefficient (Wildman–Crippen LogP) is 1.55.